The van der Waals surface area contributed by atoms with Gasteiger partial charge in [-0.05, 0) is 56.6 Å². The number of carbonyl (C=O) groups is 2. The van der Waals surface area contributed by atoms with E-state index in [9.17, 15) is 9.59 Å². The Morgan fingerprint density at radius 2 is 1.92 bits per heavy atom. The van der Waals surface area contributed by atoms with Crippen LogP contribution in [0.5, 0.6) is 0 Å². The minimum absolute atomic E-state index is 0.145. The third kappa shape index (κ3) is 4.37. The lowest BCUT2D eigenvalue weighted by atomic mass is 9.81. The number of likely N-dealkylation sites (tertiary alicyclic amines) is 1. The minimum atomic E-state index is -0.755. The van der Waals surface area contributed by atoms with Crippen molar-refractivity contribution >= 4 is 11.9 Å². The molecular formula is C20H29NO3. The Morgan fingerprint density at radius 1 is 1.25 bits per heavy atom. The van der Waals surface area contributed by atoms with Crippen molar-refractivity contribution < 1.29 is 14.7 Å². The molecule has 0 saturated carbocycles. The van der Waals surface area contributed by atoms with Gasteiger partial charge in [-0.2, -0.15) is 0 Å². The number of amides is 1. The molecule has 1 N–H and O–H groups in total. The van der Waals surface area contributed by atoms with Crippen LogP contribution < -0.4 is 0 Å². The van der Waals surface area contributed by atoms with Gasteiger partial charge in [0, 0.05) is 19.5 Å². The lowest BCUT2D eigenvalue weighted by molar-refractivity contribution is -0.138. The van der Waals surface area contributed by atoms with Crippen LogP contribution in [-0.4, -0.2) is 35.0 Å². The molecule has 1 amide bonds. The van der Waals surface area contributed by atoms with E-state index in [4.69, 9.17) is 5.11 Å². The molecule has 4 nitrogen and oxygen atoms in total. The van der Waals surface area contributed by atoms with Crippen molar-refractivity contribution in [3.8, 4) is 0 Å². The molecule has 1 fully saturated rings. The summed E-state index contributed by atoms with van der Waals surface area (Å²) < 4.78 is 0. The topological polar surface area (TPSA) is 57.6 Å². The van der Waals surface area contributed by atoms with Gasteiger partial charge in [-0.15, -0.1) is 0 Å². The van der Waals surface area contributed by atoms with Crippen LogP contribution in [0.15, 0.2) is 24.3 Å². The summed E-state index contributed by atoms with van der Waals surface area (Å²) in [4.78, 5) is 25.8. The third-order valence-electron chi connectivity index (χ3n) is 5.19. The molecule has 1 saturated heterocycles. The average Bonchev–Trinajstić information content (AvgIpc) is 2.59. The van der Waals surface area contributed by atoms with Crippen LogP contribution in [0.1, 0.15) is 57.6 Å². The molecule has 24 heavy (non-hydrogen) atoms. The van der Waals surface area contributed by atoms with Crippen molar-refractivity contribution in [3.63, 3.8) is 0 Å². The van der Waals surface area contributed by atoms with Crippen LogP contribution in [0.4, 0.5) is 0 Å². The number of carbonyl (C=O) groups excluding carboxylic acids is 1. The smallest absolute Gasteiger partial charge is 0.303 e. The maximum Gasteiger partial charge on any atom is 0.303 e. The Labute approximate surface area is 144 Å². The van der Waals surface area contributed by atoms with Crippen LogP contribution >= 0.6 is 0 Å². The third-order valence-corrected chi connectivity index (χ3v) is 5.19. The molecular weight excluding hydrogens is 302 g/mol. The van der Waals surface area contributed by atoms with Gasteiger partial charge < -0.3 is 10.0 Å². The summed E-state index contributed by atoms with van der Waals surface area (Å²) in [6, 6.07) is 8.30. The van der Waals surface area contributed by atoms with Crippen molar-refractivity contribution in [2.45, 2.75) is 58.3 Å². The Kier molecular flexibility index (Phi) is 6.03. The fourth-order valence-corrected chi connectivity index (χ4v) is 3.49. The van der Waals surface area contributed by atoms with Crippen molar-refractivity contribution in [1.29, 1.82) is 0 Å². The first-order valence-electron chi connectivity index (χ1n) is 8.95. The largest absolute Gasteiger partial charge is 0.481 e. The molecule has 1 aliphatic heterocycles. The van der Waals surface area contributed by atoms with Gasteiger partial charge in [0.25, 0.3) is 0 Å². The standard InChI is InChI=1S/C20H29NO3/c1-4-15-7-10-17(11-8-15)20(2,3)19(24)21-13-5-6-16(14-21)9-12-18(22)23/h7-8,10-11,16H,4-6,9,12-14H2,1-3H3,(H,22,23). The number of nitrogens with zero attached hydrogens (tertiary/aromatic N) is 1. The molecule has 0 radical (unpaired) electrons. The molecule has 1 atom stereocenters. The van der Waals surface area contributed by atoms with Gasteiger partial charge in [0.05, 0.1) is 5.41 Å². The van der Waals surface area contributed by atoms with Gasteiger partial charge in [0.1, 0.15) is 0 Å². The molecule has 1 unspecified atom stereocenters. The normalized spacial score (nSPS) is 18.5. The predicted molar refractivity (Wildman–Crippen MR) is 95.0 cm³/mol. The van der Waals surface area contributed by atoms with E-state index in [0.29, 0.717) is 18.9 Å². The molecule has 1 aromatic carbocycles. The van der Waals surface area contributed by atoms with Crippen molar-refractivity contribution in [1.82, 2.24) is 4.90 Å². The van der Waals surface area contributed by atoms with Gasteiger partial charge in [-0.1, -0.05) is 31.2 Å². The van der Waals surface area contributed by atoms with Crippen LogP contribution in [0, 0.1) is 5.92 Å². The van der Waals surface area contributed by atoms with Gasteiger partial charge >= 0.3 is 5.97 Å². The molecule has 4 heteroatoms. The number of hydrogen-bond acceptors (Lipinski definition) is 2. The zero-order chi connectivity index (χ0) is 17.7. The first-order chi connectivity index (χ1) is 11.3. The molecule has 1 aliphatic rings. The Bertz CT molecular complexity index is 577. The summed E-state index contributed by atoms with van der Waals surface area (Å²) in [6.45, 7) is 7.55. The second-order valence-corrected chi connectivity index (χ2v) is 7.37. The van der Waals surface area contributed by atoms with Gasteiger partial charge in [-0.3, -0.25) is 9.59 Å². The van der Waals surface area contributed by atoms with E-state index in [1.807, 2.05) is 18.7 Å². The van der Waals surface area contributed by atoms with Gasteiger partial charge in [0.2, 0.25) is 5.91 Å². The number of hydrogen-bond donors (Lipinski definition) is 1. The first-order valence-corrected chi connectivity index (χ1v) is 8.95. The second-order valence-electron chi connectivity index (χ2n) is 7.37. The highest BCUT2D eigenvalue weighted by atomic mass is 16.4. The lowest BCUT2D eigenvalue weighted by Crippen LogP contribution is -2.48. The number of aliphatic carboxylic acids is 1. The van der Waals surface area contributed by atoms with Crippen LogP contribution in [0.3, 0.4) is 0 Å². The molecule has 1 heterocycles. The van der Waals surface area contributed by atoms with E-state index in [2.05, 4.69) is 31.2 Å². The molecule has 1 aromatic rings. The van der Waals surface area contributed by atoms with E-state index in [0.717, 1.165) is 31.4 Å². The maximum absolute atomic E-state index is 13.1. The number of carboxylic acids is 1. The highest BCUT2D eigenvalue weighted by molar-refractivity contribution is 5.87. The number of carboxylic acid groups (broad SMARTS) is 1. The lowest BCUT2D eigenvalue weighted by Gasteiger charge is -2.38. The predicted octanol–water partition coefficient (Wildman–Crippen LogP) is 3.63. The fraction of sp³-hybridized carbons (Fsp3) is 0.600. The summed E-state index contributed by atoms with van der Waals surface area (Å²) in [5, 5.41) is 8.86. The summed E-state index contributed by atoms with van der Waals surface area (Å²) in [7, 11) is 0. The van der Waals surface area contributed by atoms with Crippen molar-refractivity contribution in [3.05, 3.63) is 35.4 Å². The number of piperidine rings is 1. The Balaban J connectivity index is 2.06. The fourth-order valence-electron chi connectivity index (χ4n) is 3.49. The molecule has 132 valence electrons. The summed E-state index contributed by atoms with van der Waals surface area (Å²) in [6.07, 6.45) is 3.81. The summed E-state index contributed by atoms with van der Waals surface area (Å²) >= 11 is 0. The molecule has 0 spiro atoms. The van der Waals surface area contributed by atoms with E-state index >= 15 is 0 Å². The Morgan fingerprint density at radius 3 is 2.50 bits per heavy atom. The number of rotatable bonds is 6. The highest BCUT2D eigenvalue weighted by Crippen LogP contribution is 2.29. The zero-order valence-corrected chi connectivity index (χ0v) is 15.0. The van der Waals surface area contributed by atoms with Crippen LogP contribution in [-0.2, 0) is 21.4 Å². The quantitative estimate of drug-likeness (QED) is 0.866. The average molecular weight is 331 g/mol. The van der Waals surface area contributed by atoms with E-state index in [1.54, 1.807) is 0 Å². The highest BCUT2D eigenvalue weighted by Gasteiger charge is 2.35. The summed E-state index contributed by atoms with van der Waals surface area (Å²) in [5.41, 5.74) is 1.76. The molecule has 0 aromatic heterocycles. The van der Waals surface area contributed by atoms with E-state index in [1.165, 1.54) is 5.56 Å². The van der Waals surface area contributed by atoms with Crippen molar-refractivity contribution in [2.24, 2.45) is 5.92 Å². The van der Waals surface area contributed by atoms with Crippen molar-refractivity contribution in [2.75, 3.05) is 13.1 Å². The minimum Gasteiger partial charge on any atom is -0.481 e. The summed E-state index contributed by atoms with van der Waals surface area (Å²) in [5.74, 6) is -0.307. The SMILES string of the molecule is CCc1ccc(C(C)(C)C(=O)N2CCCC(CCC(=O)O)C2)cc1. The monoisotopic (exact) mass is 331 g/mol. The molecule has 2 rings (SSSR count). The van der Waals surface area contributed by atoms with E-state index in [-0.39, 0.29) is 12.3 Å². The first kappa shape index (κ1) is 18.5. The zero-order valence-electron chi connectivity index (χ0n) is 15.0. The number of benzene rings is 1. The van der Waals surface area contributed by atoms with Gasteiger partial charge in [-0.25, -0.2) is 0 Å². The van der Waals surface area contributed by atoms with Crippen LogP contribution in [0.2, 0.25) is 0 Å². The van der Waals surface area contributed by atoms with Crippen LogP contribution in [0.25, 0.3) is 0 Å². The Hall–Kier alpha value is -1.84. The van der Waals surface area contributed by atoms with Gasteiger partial charge in [0.15, 0.2) is 0 Å². The molecule has 0 bridgehead atoms. The number of aryl methyl sites for hydroxylation is 1. The molecule has 0 aliphatic carbocycles. The second kappa shape index (κ2) is 7.82. The van der Waals surface area contributed by atoms with E-state index < -0.39 is 11.4 Å². The maximum atomic E-state index is 13.1.